The number of nitrogens with zero attached hydrogens (tertiary/aromatic N) is 4. The first-order chi connectivity index (χ1) is 42.5. The molecule has 5 aliphatic rings. The summed E-state index contributed by atoms with van der Waals surface area (Å²) in [6.45, 7) is 25.2. The number of piperidine rings is 1. The van der Waals surface area contributed by atoms with E-state index in [1.165, 1.54) is 26.3 Å². The molecule has 3 aromatic carbocycles. The number of phenolic OH excluding ortho intramolecular Hbond substituents is 2. The summed E-state index contributed by atoms with van der Waals surface area (Å²) in [4.78, 5) is 119. The first-order valence-corrected chi connectivity index (χ1v) is 31.1. The van der Waals surface area contributed by atoms with E-state index in [1.54, 1.807) is 70.2 Å². The van der Waals surface area contributed by atoms with E-state index in [9.17, 15) is 53.7 Å². The molecule has 7 N–H and O–H groups in total. The highest BCUT2D eigenvalue weighted by Gasteiger charge is 2.51. The van der Waals surface area contributed by atoms with E-state index < -0.39 is 102 Å². The summed E-state index contributed by atoms with van der Waals surface area (Å²) in [6.07, 6.45) is 8.75. The minimum Gasteiger partial charge on any atom is -0.507 e. The third-order valence-electron chi connectivity index (χ3n) is 18.4. The predicted molar refractivity (Wildman–Crippen MR) is 338 cm³/mol. The van der Waals surface area contributed by atoms with Crippen LogP contribution in [0.15, 0.2) is 88.7 Å². The van der Waals surface area contributed by atoms with Crippen molar-refractivity contribution in [2.75, 3.05) is 51.6 Å². The Morgan fingerprint density at radius 2 is 1.58 bits per heavy atom. The number of benzene rings is 3. The molecular weight excluding hydrogens is 1150 g/mol. The fourth-order valence-corrected chi connectivity index (χ4v) is 12.2. The maximum Gasteiger partial charge on any atom is 0.325 e. The van der Waals surface area contributed by atoms with E-state index in [2.05, 4.69) is 51.6 Å². The van der Waals surface area contributed by atoms with E-state index >= 15 is 0 Å². The van der Waals surface area contributed by atoms with E-state index in [0.717, 1.165) is 17.0 Å². The molecule has 10 atom stereocenters. The number of ketones is 1. The fourth-order valence-electron chi connectivity index (χ4n) is 12.2. The molecule has 22 heteroatoms. The summed E-state index contributed by atoms with van der Waals surface area (Å²) in [6, 6.07) is 7.80. The van der Waals surface area contributed by atoms with Crippen molar-refractivity contribution in [3.05, 3.63) is 106 Å². The first kappa shape index (κ1) is 69.2. The Labute approximate surface area is 526 Å². The molecule has 22 nitrogen and oxygen atoms in total. The van der Waals surface area contributed by atoms with Gasteiger partial charge < -0.3 is 70.2 Å². The number of aldehydes is 2. The van der Waals surface area contributed by atoms with Crippen molar-refractivity contribution in [1.82, 2.24) is 25.8 Å². The number of hydrogen-bond acceptors (Lipinski definition) is 18. The number of ether oxygens (including phenoxy) is 3. The normalized spacial score (nSPS) is 25.9. The quantitative estimate of drug-likeness (QED) is 0.0322. The predicted octanol–water partition coefficient (Wildman–Crippen LogP) is 5.83. The summed E-state index contributed by atoms with van der Waals surface area (Å²) >= 11 is 0. The molecule has 5 heterocycles. The van der Waals surface area contributed by atoms with Crippen LogP contribution in [0.2, 0.25) is 0 Å². The lowest BCUT2D eigenvalue weighted by Crippen LogP contribution is -2.52. The van der Waals surface area contributed by atoms with Gasteiger partial charge in [0.2, 0.25) is 17.7 Å². The Bertz CT molecular complexity index is 3460. The van der Waals surface area contributed by atoms with E-state index in [4.69, 9.17) is 19.2 Å². The first-order valence-electron chi connectivity index (χ1n) is 31.1. The third kappa shape index (κ3) is 15.8. The minimum absolute atomic E-state index is 0.0741. The molecule has 0 unspecified atom stereocenters. The largest absolute Gasteiger partial charge is 0.507 e. The van der Waals surface area contributed by atoms with Gasteiger partial charge in [0.1, 0.15) is 59.1 Å². The maximum atomic E-state index is 14.9. The Morgan fingerprint density at radius 1 is 0.900 bits per heavy atom. The highest BCUT2D eigenvalue weighted by atomic mass is 16.7. The number of nitrogens with one attached hydrogen (secondary N) is 4. The number of esters is 1. The lowest BCUT2D eigenvalue weighted by molar-refractivity contribution is -0.160. The number of Topliss-reactive ketones (excluding diaryl/α,β-unsaturated/α-hetero) is 1. The van der Waals surface area contributed by atoms with Crippen molar-refractivity contribution in [2.24, 2.45) is 57.3 Å². The van der Waals surface area contributed by atoms with Crippen molar-refractivity contribution in [1.29, 1.82) is 0 Å². The molecule has 4 amide bonds. The van der Waals surface area contributed by atoms with Gasteiger partial charge in [-0.15, -0.1) is 0 Å². The molecule has 1 saturated heterocycles. The van der Waals surface area contributed by atoms with Gasteiger partial charge in [-0.1, -0.05) is 111 Å². The number of aliphatic hydroxyl groups excluding tert-OH is 1. The number of aromatic hydroxyl groups is 2. The number of phenols is 2. The van der Waals surface area contributed by atoms with Crippen molar-refractivity contribution < 1.29 is 67.9 Å². The summed E-state index contributed by atoms with van der Waals surface area (Å²) in [5, 5.41) is 48.3. The second-order valence-electron chi connectivity index (χ2n) is 25.6. The van der Waals surface area contributed by atoms with Gasteiger partial charge in [-0.25, -0.2) is 4.99 Å². The smallest absolute Gasteiger partial charge is 0.325 e. The van der Waals surface area contributed by atoms with Crippen LogP contribution < -0.4 is 36.7 Å². The SMILES string of the molecule is C=C(CCC(C=O)C=O)NCC(=O)N[C@H](Cc1ccccc1)C(=O)NCC(=O)N(C)CC(=O)O[C@@H]1[C@@H](C)[C@@H](O)[C@@H](C)[C@H](C)[C@H](C)[C@@H](C)/C=C/O[C@@]2(C)Oc3c(C)c(O)c4c(O)c(c5c(c4c3C2=O)NC2(CCN(CC(C)C)CC2)N=5)=NC(=O)/C(C)=C\C=C\[C@@H]1C. The number of amides is 4. The zero-order valence-electron chi connectivity index (χ0n) is 53.9. The standard InChI is InChI=1S/C68H90N8O14/c1-37(2)33-76-27-25-68(26-28-76)73-56-53-54-60(83)46(11)63-55(53)64(85)67(12,90-63)88-29-24-38(3)42(7)43(8)44(9)59(82)45(10)62(39(4)18-17-19-40(5)65(86)72-58(61(54)84)57(56)74-68)89-52(81)34-75(13)51(80)32-70-66(87)49(30-47-20-15-14-16-21-47)71-50(79)31-69-41(6)22-23-48(35-77)36-78/h14-21,24,29,35-39,42-45,48-49,59,62,69,73,82-84H,6,22-23,25-28,30-34H2,1-5,7-13H3,(H,70,87)(H,71,79)/b18-17+,29-24+,40-19-,72-58?/t38-,39-,42+,43+,44-,45-,49+,59-,62-,67-/m0/s1. The number of rotatable bonds is 19. The van der Waals surface area contributed by atoms with Crippen LogP contribution in [0.5, 0.6) is 17.2 Å². The summed E-state index contributed by atoms with van der Waals surface area (Å²) < 4.78 is 18.8. The van der Waals surface area contributed by atoms with Crippen molar-refractivity contribution in [3.8, 4) is 17.2 Å². The van der Waals surface area contributed by atoms with Gasteiger partial charge in [0.15, 0.2) is 5.75 Å². The van der Waals surface area contributed by atoms with Crippen LogP contribution in [0.3, 0.4) is 0 Å². The Balaban J connectivity index is 1.15. The molecular formula is C68H90N8O14. The minimum atomic E-state index is -1.91. The van der Waals surface area contributed by atoms with Gasteiger partial charge >= 0.3 is 11.8 Å². The highest BCUT2D eigenvalue weighted by molar-refractivity contribution is 6.21. The number of likely N-dealkylation sites (tertiary alicyclic amines) is 1. The monoisotopic (exact) mass is 1240 g/mol. The number of likely N-dealkylation sites (N-methyl/N-ethyl adjacent to an activating group) is 1. The number of carbonyl (C=O) groups excluding carboxylic acids is 8. The number of carbonyl (C=O) groups is 8. The second-order valence-corrected chi connectivity index (χ2v) is 25.6. The van der Waals surface area contributed by atoms with Gasteiger partial charge in [-0.3, -0.25) is 33.8 Å². The van der Waals surface area contributed by atoms with E-state index in [1.807, 2.05) is 33.8 Å². The van der Waals surface area contributed by atoms with E-state index in [0.29, 0.717) is 55.8 Å². The Kier molecular flexibility index (Phi) is 22.8. The fraction of sp³-hybridized carbons (Fsp3) is 0.529. The van der Waals surface area contributed by atoms with Gasteiger partial charge in [0, 0.05) is 86.9 Å². The average Bonchev–Trinajstić information content (AvgIpc) is 1.50. The Hall–Kier alpha value is -8.24. The number of aliphatic hydroxyl groups is 1. The topological polar surface area (TPSA) is 304 Å². The lowest BCUT2D eigenvalue weighted by Gasteiger charge is -2.38. The molecule has 90 heavy (non-hydrogen) atoms. The number of anilines is 1. The van der Waals surface area contributed by atoms with Crippen molar-refractivity contribution >= 4 is 64.4 Å². The summed E-state index contributed by atoms with van der Waals surface area (Å²) in [5.74, 6) is -9.29. The molecule has 0 aromatic heterocycles. The lowest BCUT2D eigenvalue weighted by atomic mass is 9.72. The zero-order valence-corrected chi connectivity index (χ0v) is 53.9. The van der Waals surface area contributed by atoms with Crippen LogP contribution in [0.4, 0.5) is 5.69 Å². The second kappa shape index (κ2) is 29.6. The third-order valence-corrected chi connectivity index (χ3v) is 18.4. The molecule has 0 aliphatic carbocycles. The van der Waals surface area contributed by atoms with Gasteiger partial charge in [0.25, 0.3) is 11.7 Å². The summed E-state index contributed by atoms with van der Waals surface area (Å²) in [7, 11) is 1.37. The molecule has 0 saturated carbocycles. The van der Waals surface area contributed by atoms with Crippen LogP contribution in [0.1, 0.15) is 116 Å². The summed E-state index contributed by atoms with van der Waals surface area (Å²) in [5.41, 5.74) is 0.917. The zero-order chi connectivity index (χ0) is 66.1. The Morgan fingerprint density at radius 3 is 2.23 bits per heavy atom. The molecule has 0 radical (unpaired) electrons. The van der Waals surface area contributed by atoms with Gasteiger partial charge in [-0.2, -0.15) is 0 Å². The highest BCUT2D eigenvalue weighted by Crippen LogP contribution is 2.51. The van der Waals surface area contributed by atoms with E-state index in [-0.39, 0.29) is 99.2 Å². The van der Waals surface area contributed by atoms with Crippen LogP contribution in [-0.2, 0) is 49.5 Å². The van der Waals surface area contributed by atoms with Crippen molar-refractivity contribution in [3.63, 3.8) is 0 Å². The molecule has 1 fully saturated rings. The molecule has 1 spiro atoms. The van der Waals surface area contributed by atoms with Gasteiger partial charge in [0.05, 0.1) is 48.0 Å². The van der Waals surface area contributed by atoms with Crippen LogP contribution in [0.25, 0.3) is 10.8 Å². The van der Waals surface area contributed by atoms with Gasteiger partial charge in [-0.05, 0) is 67.9 Å². The van der Waals surface area contributed by atoms with Crippen LogP contribution in [-0.4, -0.2) is 149 Å². The maximum absolute atomic E-state index is 14.9. The molecule has 3 aromatic rings. The number of hydrogen-bond donors (Lipinski definition) is 7. The molecule has 5 bridgehead atoms. The average molecular weight is 1240 g/mol. The van der Waals surface area contributed by atoms with Crippen LogP contribution >= 0.6 is 0 Å². The van der Waals surface area contributed by atoms with Crippen molar-refractivity contribution in [2.45, 2.75) is 138 Å². The molecule has 486 valence electrons. The number of allylic oxidation sites excluding steroid dienone is 4. The number of fused-ring (bicyclic) bond motifs is 13. The van der Waals surface area contributed by atoms with Crippen LogP contribution in [0, 0.1) is 54.3 Å². The molecule has 5 aliphatic heterocycles. The molecule has 8 rings (SSSR count).